The molecule has 0 saturated heterocycles. The van der Waals surface area contributed by atoms with E-state index in [0.717, 1.165) is 12.1 Å². The van der Waals surface area contributed by atoms with Gasteiger partial charge in [-0.3, -0.25) is 20.1 Å². The van der Waals surface area contributed by atoms with E-state index in [2.05, 4.69) is 15.3 Å². The highest BCUT2D eigenvalue weighted by Crippen LogP contribution is 2.21. The van der Waals surface area contributed by atoms with Crippen molar-refractivity contribution in [1.29, 1.82) is 0 Å². The maximum atomic E-state index is 13.1. The van der Waals surface area contributed by atoms with Crippen LogP contribution in [-0.4, -0.2) is 14.9 Å². The molecule has 1 aromatic carbocycles. The smallest absolute Gasteiger partial charge is 0.306 e. The number of halogens is 1. The van der Waals surface area contributed by atoms with Gasteiger partial charge in [-0.05, 0) is 12.1 Å². The van der Waals surface area contributed by atoms with Crippen LogP contribution in [0.4, 0.5) is 15.8 Å². The lowest BCUT2D eigenvalue weighted by Gasteiger charge is -2.05. The minimum atomic E-state index is -0.856. The summed E-state index contributed by atoms with van der Waals surface area (Å²) in [4.78, 5) is 17.7. The van der Waals surface area contributed by atoms with Crippen LogP contribution in [0, 0.1) is 15.9 Å². The number of nitro groups is 1. The van der Waals surface area contributed by atoms with Crippen molar-refractivity contribution in [2.45, 2.75) is 6.54 Å². The zero-order valence-electron chi connectivity index (χ0n) is 9.21. The third kappa shape index (κ3) is 2.76. The fourth-order valence-electron chi connectivity index (χ4n) is 1.38. The van der Waals surface area contributed by atoms with Crippen molar-refractivity contribution < 1.29 is 9.31 Å². The largest absolute Gasteiger partial charge is 0.379 e. The van der Waals surface area contributed by atoms with Crippen LogP contribution in [-0.2, 0) is 6.54 Å². The third-order valence-corrected chi connectivity index (χ3v) is 2.23. The van der Waals surface area contributed by atoms with Crippen LogP contribution >= 0.6 is 0 Å². The van der Waals surface area contributed by atoms with Crippen molar-refractivity contribution >= 4 is 11.4 Å². The van der Waals surface area contributed by atoms with Gasteiger partial charge in [0, 0.05) is 24.1 Å². The summed E-state index contributed by atoms with van der Waals surface area (Å²) in [5, 5.41) is 13.5. The highest BCUT2D eigenvalue weighted by molar-refractivity contribution is 5.51. The quantitative estimate of drug-likeness (QED) is 0.662. The van der Waals surface area contributed by atoms with Crippen LogP contribution in [0.15, 0.2) is 36.8 Å². The molecule has 0 spiro atoms. The summed E-state index contributed by atoms with van der Waals surface area (Å²) in [6, 6.07) is 3.63. The lowest BCUT2D eigenvalue weighted by atomic mass is 10.2. The first kappa shape index (κ1) is 11.9. The summed E-state index contributed by atoms with van der Waals surface area (Å²) in [6.07, 6.45) is 4.67. The summed E-state index contributed by atoms with van der Waals surface area (Å²) < 4.78 is 13.1. The van der Waals surface area contributed by atoms with Gasteiger partial charge in [-0.2, -0.15) is 4.39 Å². The molecule has 0 atom stereocenters. The molecule has 1 N–H and O–H groups in total. The second-order valence-corrected chi connectivity index (χ2v) is 3.47. The average molecular weight is 248 g/mol. The topological polar surface area (TPSA) is 81.0 Å². The molecule has 0 aliphatic carbocycles. The molecule has 0 fully saturated rings. The third-order valence-electron chi connectivity index (χ3n) is 2.23. The highest BCUT2D eigenvalue weighted by atomic mass is 19.1. The van der Waals surface area contributed by atoms with Crippen molar-refractivity contribution in [3.8, 4) is 0 Å². The van der Waals surface area contributed by atoms with Crippen molar-refractivity contribution in [3.05, 3.63) is 58.4 Å². The van der Waals surface area contributed by atoms with E-state index in [1.807, 2.05) is 0 Å². The fourth-order valence-corrected chi connectivity index (χ4v) is 1.38. The summed E-state index contributed by atoms with van der Waals surface area (Å²) in [5.74, 6) is -0.856. The Balaban J connectivity index is 2.11. The molecule has 0 aliphatic heterocycles. The molecular formula is C11H9FN4O2. The van der Waals surface area contributed by atoms with Gasteiger partial charge in [0.05, 0.1) is 23.4 Å². The van der Waals surface area contributed by atoms with Gasteiger partial charge in [0.1, 0.15) is 0 Å². The Morgan fingerprint density at radius 3 is 2.89 bits per heavy atom. The minimum absolute atomic E-state index is 0.358. The number of nitrogens with one attached hydrogen (secondary N) is 1. The number of aromatic nitrogens is 2. The maximum absolute atomic E-state index is 13.1. The first-order valence-electron chi connectivity index (χ1n) is 5.09. The molecule has 2 rings (SSSR count). The number of rotatable bonds is 4. The van der Waals surface area contributed by atoms with Crippen molar-refractivity contribution in [2.24, 2.45) is 0 Å². The monoisotopic (exact) mass is 248 g/mol. The van der Waals surface area contributed by atoms with E-state index in [9.17, 15) is 14.5 Å². The van der Waals surface area contributed by atoms with Gasteiger partial charge < -0.3 is 5.32 Å². The standard InChI is InChI=1S/C11H9FN4O2/c12-10-2-1-8(5-11(10)16(17)18)15-7-9-6-13-3-4-14-9/h1-6,15H,7H2. The average Bonchev–Trinajstić information content (AvgIpc) is 2.38. The molecule has 7 heteroatoms. The second-order valence-electron chi connectivity index (χ2n) is 3.47. The Labute approximate surface area is 102 Å². The molecule has 92 valence electrons. The number of nitrogens with zero attached hydrogens (tertiary/aromatic N) is 3. The van der Waals surface area contributed by atoms with Gasteiger partial charge >= 0.3 is 5.69 Å². The number of hydrogen-bond acceptors (Lipinski definition) is 5. The van der Waals surface area contributed by atoms with Crippen LogP contribution in [0.2, 0.25) is 0 Å². The molecule has 0 radical (unpaired) electrons. The van der Waals surface area contributed by atoms with Crippen LogP contribution in [0.3, 0.4) is 0 Å². The fraction of sp³-hybridized carbons (Fsp3) is 0.0909. The summed E-state index contributed by atoms with van der Waals surface area (Å²) in [7, 11) is 0. The number of hydrogen-bond donors (Lipinski definition) is 1. The highest BCUT2D eigenvalue weighted by Gasteiger charge is 2.14. The van der Waals surface area contributed by atoms with E-state index >= 15 is 0 Å². The molecule has 6 nitrogen and oxygen atoms in total. The van der Waals surface area contributed by atoms with Crippen LogP contribution in [0.25, 0.3) is 0 Å². The van der Waals surface area contributed by atoms with Crippen LogP contribution in [0.1, 0.15) is 5.69 Å². The van der Waals surface area contributed by atoms with Crippen LogP contribution in [0.5, 0.6) is 0 Å². The second kappa shape index (κ2) is 5.17. The Bertz CT molecular complexity index is 562. The van der Waals surface area contributed by atoms with Gasteiger partial charge in [-0.25, -0.2) is 0 Å². The van der Waals surface area contributed by atoms with E-state index in [-0.39, 0.29) is 0 Å². The minimum Gasteiger partial charge on any atom is -0.379 e. The predicted molar refractivity (Wildman–Crippen MR) is 62.4 cm³/mol. The Morgan fingerprint density at radius 1 is 1.39 bits per heavy atom. The lowest BCUT2D eigenvalue weighted by Crippen LogP contribution is -2.02. The molecule has 18 heavy (non-hydrogen) atoms. The van der Waals surface area contributed by atoms with Gasteiger partial charge in [-0.15, -0.1) is 0 Å². The SMILES string of the molecule is O=[N+]([O-])c1cc(NCc2cnccn2)ccc1F. The molecule has 0 amide bonds. The number of benzene rings is 1. The Morgan fingerprint density at radius 2 is 2.22 bits per heavy atom. The van der Waals surface area contributed by atoms with Gasteiger partial charge in [0.25, 0.3) is 0 Å². The Hall–Kier alpha value is -2.57. The summed E-state index contributed by atoms with van der Waals surface area (Å²) in [6.45, 7) is 0.358. The summed E-state index contributed by atoms with van der Waals surface area (Å²) in [5.41, 5.74) is 0.581. The molecular weight excluding hydrogens is 239 g/mol. The van der Waals surface area contributed by atoms with Gasteiger partial charge in [0.15, 0.2) is 0 Å². The van der Waals surface area contributed by atoms with E-state index in [1.54, 1.807) is 18.6 Å². The van der Waals surface area contributed by atoms with Crippen molar-refractivity contribution in [2.75, 3.05) is 5.32 Å². The first-order valence-corrected chi connectivity index (χ1v) is 5.09. The molecule has 1 aromatic heterocycles. The maximum Gasteiger partial charge on any atom is 0.306 e. The molecule has 0 unspecified atom stereocenters. The van der Waals surface area contributed by atoms with Crippen LogP contribution < -0.4 is 5.32 Å². The molecule has 0 aliphatic rings. The van der Waals surface area contributed by atoms with E-state index in [4.69, 9.17) is 0 Å². The normalized spacial score (nSPS) is 10.1. The summed E-state index contributed by atoms with van der Waals surface area (Å²) >= 11 is 0. The molecule has 1 heterocycles. The molecule has 0 saturated carbocycles. The predicted octanol–water partition coefficient (Wildman–Crippen LogP) is 2.14. The molecule has 2 aromatic rings. The van der Waals surface area contributed by atoms with E-state index in [0.29, 0.717) is 17.9 Å². The Kier molecular flexibility index (Phi) is 3.42. The molecule has 0 bridgehead atoms. The van der Waals surface area contributed by atoms with E-state index < -0.39 is 16.4 Å². The number of nitro benzene ring substituents is 1. The van der Waals surface area contributed by atoms with Gasteiger partial charge in [-0.1, -0.05) is 0 Å². The number of anilines is 1. The zero-order chi connectivity index (χ0) is 13.0. The van der Waals surface area contributed by atoms with Crippen molar-refractivity contribution in [3.63, 3.8) is 0 Å². The first-order chi connectivity index (χ1) is 8.66. The van der Waals surface area contributed by atoms with E-state index in [1.165, 1.54) is 6.07 Å². The van der Waals surface area contributed by atoms with Crippen molar-refractivity contribution in [1.82, 2.24) is 9.97 Å². The zero-order valence-corrected chi connectivity index (χ0v) is 9.21. The lowest BCUT2D eigenvalue weighted by molar-refractivity contribution is -0.387. The van der Waals surface area contributed by atoms with Gasteiger partial charge in [0.2, 0.25) is 5.82 Å².